The molecule has 1 aromatic carbocycles. The van der Waals surface area contributed by atoms with Crippen LogP contribution < -0.4 is 10.1 Å². The number of rotatable bonds is 7. The van der Waals surface area contributed by atoms with Crippen LogP contribution in [0.5, 0.6) is 5.75 Å². The molecule has 0 atom stereocenters. The van der Waals surface area contributed by atoms with E-state index in [0.717, 1.165) is 11.1 Å². The zero-order chi connectivity index (χ0) is 19.5. The van der Waals surface area contributed by atoms with Crippen molar-refractivity contribution in [3.05, 3.63) is 41.7 Å². The van der Waals surface area contributed by atoms with Gasteiger partial charge in [0, 0.05) is 6.20 Å². The largest absolute Gasteiger partial charge is 0.483 e. The number of aromatic nitrogens is 2. The van der Waals surface area contributed by atoms with Gasteiger partial charge in [-0.3, -0.25) is 9.48 Å². The number of carbonyl (C=O) groups is 2. The summed E-state index contributed by atoms with van der Waals surface area (Å²) in [4.78, 5) is 23.4. The van der Waals surface area contributed by atoms with Gasteiger partial charge in [0.1, 0.15) is 5.75 Å². The quantitative estimate of drug-likeness (QED) is 0.792. The number of carboxylic acid groups (broad SMARTS) is 1. The monoisotopic (exact) mass is 359 g/mol. The van der Waals surface area contributed by atoms with Gasteiger partial charge in [-0.15, -0.1) is 0 Å². The zero-order valence-corrected chi connectivity index (χ0v) is 15.7. The molecule has 0 aliphatic carbocycles. The van der Waals surface area contributed by atoms with E-state index in [1.54, 1.807) is 0 Å². The number of amides is 1. The first kappa shape index (κ1) is 19.5. The number of carbonyl (C=O) groups excluding carboxylic acids is 1. The summed E-state index contributed by atoms with van der Waals surface area (Å²) in [5.41, 5.74) is 1.32. The summed E-state index contributed by atoms with van der Waals surface area (Å²) in [5, 5.41) is 15.9. The van der Waals surface area contributed by atoms with Crippen molar-refractivity contribution in [3.63, 3.8) is 0 Å². The SMILES string of the molecule is Cc1ccc(C(C)C)c(OCC(=O)Nc2cnn(C(C)(C)C(=O)O)c2)c1. The second-order valence-corrected chi connectivity index (χ2v) is 7.07. The number of carboxylic acids is 1. The molecule has 2 rings (SSSR count). The Morgan fingerprint density at radius 3 is 2.65 bits per heavy atom. The molecule has 1 amide bonds. The van der Waals surface area contributed by atoms with Gasteiger partial charge in [0.25, 0.3) is 5.91 Å². The van der Waals surface area contributed by atoms with E-state index in [9.17, 15) is 14.7 Å². The van der Waals surface area contributed by atoms with Crippen LogP contribution in [0, 0.1) is 6.92 Å². The summed E-state index contributed by atoms with van der Waals surface area (Å²) < 4.78 is 6.99. The van der Waals surface area contributed by atoms with Crippen LogP contribution in [0.25, 0.3) is 0 Å². The van der Waals surface area contributed by atoms with E-state index in [1.165, 1.54) is 30.9 Å². The smallest absolute Gasteiger partial charge is 0.331 e. The molecule has 1 aromatic heterocycles. The molecule has 0 saturated carbocycles. The Morgan fingerprint density at radius 2 is 2.04 bits per heavy atom. The van der Waals surface area contributed by atoms with E-state index < -0.39 is 11.5 Å². The normalized spacial score (nSPS) is 11.5. The number of anilines is 1. The number of aryl methyl sites for hydroxylation is 1. The molecule has 0 aliphatic rings. The van der Waals surface area contributed by atoms with Gasteiger partial charge in [-0.2, -0.15) is 5.10 Å². The molecule has 0 saturated heterocycles. The Bertz CT molecular complexity index is 809. The molecule has 2 aromatic rings. The first-order chi connectivity index (χ1) is 12.1. The van der Waals surface area contributed by atoms with Gasteiger partial charge in [0.15, 0.2) is 12.1 Å². The predicted octanol–water partition coefficient (Wildman–Crippen LogP) is 3.15. The lowest BCUT2D eigenvalue weighted by molar-refractivity contribution is -0.146. The van der Waals surface area contributed by atoms with Crippen molar-refractivity contribution in [1.82, 2.24) is 9.78 Å². The lowest BCUT2D eigenvalue weighted by Gasteiger charge is -2.19. The Hall–Kier alpha value is -2.83. The molecule has 0 radical (unpaired) electrons. The minimum absolute atomic E-state index is 0.142. The number of ether oxygens (including phenoxy) is 1. The maximum Gasteiger partial charge on any atom is 0.331 e. The Kier molecular flexibility index (Phi) is 5.69. The van der Waals surface area contributed by atoms with Crippen LogP contribution in [0.1, 0.15) is 44.7 Å². The fourth-order valence-electron chi connectivity index (χ4n) is 2.37. The van der Waals surface area contributed by atoms with Crippen LogP contribution >= 0.6 is 0 Å². The maximum absolute atomic E-state index is 12.2. The highest BCUT2D eigenvalue weighted by atomic mass is 16.5. The van der Waals surface area contributed by atoms with Crippen LogP contribution in [-0.2, 0) is 15.1 Å². The first-order valence-electron chi connectivity index (χ1n) is 8.43. The number of nitrogens with one attached hydrogen (secondary N) is 1. The van der Waals surface area contributed by atoms with E-state index in [1.807, 2.05) is 25.1 Å². The first-order valence-corrected chi connectivity index (χ1v) is 8.43. The Balaban J connectivity index is 2.02. The molecule has 7 heteroatoms. The summed E-state index contributed by atoms with van der Waals surface area (Å²) in [7, 11) is 0. The molecule has 0 fully saturated rings. The van der Waals surface area contributed by atoms with Crippen LogP contribution in [-0.4, -0.2) is 33.4 Å². The summed E-state index contributed by atoms with van der Waals surface area (Å²) in [6.07, 6.45) is 2.90. The summed E-state index contributed by atoms with van der Waals surface area (Å²) >= 11 is 0. The van der Waals surface area contributed by atoms with Crippen molar-refractivity contribution in [3.8, 4) is 5.75 Å². The Morgan fingerprint density at radius 1 is 1.35 bits per heavy atom. The number of benzene rings is 1. The maximum atomic E-state index is 12.2. The van der Waals surface area contributed by atoms with Crippen LogP contribution in [0.2, 0.25) is 0 Å². The highest BCUT2D eigenvalue weighted by molar-refractivity contribution is 5.91. The fourth-order valence-corrected chi connectivity index (χ4v) is 2.37. The van der Waals surface area contributed by atoms with Crippen LogP contribution in [0.3, 0.4) is 0 Å². The molecule has 0 unspecified atom stereocenters. The highest BCUT2D eigenvalue weighted by Crippen LogP contribution is 2.27. The average Bonchev–Trinajstić information content (AvgIpc) is 3.01. The third kappa shape index (κ3) is 4.41. The highest BCUT2D eigenvalue weighted by Gasteiger charge is 2.30. The molecule has 7 nitrogen and oxygen atoms in total. The molecule has 0 spiro atoms. The van der Waals surface area contributed by atoms with Crippen molar-refractivity contribution in [2.75, 3.05) is 11.9 Å². The number of hydrogen-bond acceptors (Lipinski definition) is 4. The number of hydrogen-bond donors (Lipinski definition) is 2. The minimum atomic E-state index is -1.20. The van der Waals surface area contributed by atoms with Gasteiger partial charge >= 0.3 is 5.97 Å². The Labute approximate surface area is 153 Å². The van der Waals surface area contributed by atoms with Crippen molar-refractivity contribution in [2.45, 2.75) is 46.1 Å². The van der Waals surface area contributed by atoms with Gasteiger partial charge < -0.3 is 15.2 Å². The van der Waals surface area contributed by atoms with Gasteiger partial charge in [-0.25, -0.2) is 4.79 Å². The van der Waals surface area contributed by atoms with Crippen LogP contribution in [0.15, 0.2) is 30.6 Å². The third-order valence-electron chi connectivity index (χ3n) is 4.11. The molecular weight excluding hydrogens is 334 g/mol. The summed E-state index contributed by atoms with van der Waals surface area (Å²) in [6, 6.07) is 5.93. The third-order valence-corrected chi connectivity index (χ3v) is 4.11. The van der Waals surface area contributed by atoms with Crippen molar-refractivity contribution < 1.29 is 19.4 Å². The second-order valence-electron chi connectivity index (χ2n) is 7.07. The summed E-state index contributed by atoms with van der Waals surface area (Å²) in [6.45, 7) is 9.02. The van der Waals surface area contributed by atoms with Crippen LogP contribution in [0.4, 0.5) is 5.69 Å². The van der Waals surface area contributed by atoms with E-state index in [-0.39, 0.29) is 18.4 Å². The van der Waals surface area contributed by atoms with Crippen molar-refractivity contribution >= 4 is 17.6 Å². The molecule has 0 bridgehead atoms. The average molecular weight is 359 g/mol. The van der Waals surface area contributed by atoms with Gasteiger partial charge in [-0.05, 0) is 43.9 Å². The molecule has 26 heavy (non-hydrogen) atoms. The van der Waals surface area contributed by atoms with E-state index in [2.05, 4.69) is 24.3 Å². The molecular formula is C19H25N3O4. The minimum Gasteiger partial charge on any atom is -0.483 e. The standard InChI is InChI=1S/C19H25N3O4/c1-12(2)15-7-6-13(3)8-16(15)26-11-17(23)21-14-9-20-22(10-14)19(4,5)18(24)25/h6-10,12H,11H2,1-5H3,(H,21,23)(H,24,25). The van der Waals surface area contributed by atoms with Gasteiger partial charge in [0.05, 0.1) is 11.9 Å². The van der Waals surface area contributed by atoms with E-state index >= 15 is 0 Å². The van der Waals surface area contributed by atoms with Crippen molar-refractivity contribution in [2.24, 2.45) is 0 Å². The number of aliphatic carboxylic acids is 1. The molecule has 2 N–H and O–H groups in total. The summed E-state index contributed by atoms with van der Waals surface area (Å²) in [5.74, 6) is -0.376. The van der Waals surface area contributed by atoms with Crippen molar-refractivity contribution in [1.29, 1.82) is 0 Å². The van der Waals surface area contributed by atoms with Gasteiger partial charge in [-0.1, -0.05) is 26.0 Å². The fraction of sp³-hybridized carbons (Fsp3) is 0.421. The lowest BCUT2D eigenvalue weighted by Crippen LogP contribution is -2.35. The zero-order valence-electron chi connectivity index (χ0n) is 15.7. The molecule has 140 valence electrons. The van der Waals surface area contributed by atoms with Gasteiger partial charge in [0.2, 0.25) is 0 Å². The second kappa shape index (κ2) is 7.59. The van der Waals surface area contributed by atoms with E-state index in [4.69, 9.17) is 4.74 Å². The lowest BCUT2D eigenvalue weighted by atomic mass is 10.0. The van der Waals surface area contributed by atoms with E-state index in [0.29, 0.717) is 11.4 Å². The topological polar surface area (TPSA) is 93.5 Å². The molecule has 0 aliphatic heterocycles. The predicted molar refractivity (Wildman–Crippen MR) is 98.6 cm³/mol. The molecule has 1 heterocycles. The number of nitrogens with zero attached hydrogens (tertiary/aromatic N) is 2.